The number of nitro groups is 1. The molecule has 2 N–H and O–H groups in total. The summed E-state index contributed by atoms with van der Waals surface area (Å²) in [4.78, 5) is 35.8. The number of nitrogens with one attached hydrogen (secondary N) is 2. The number of amides is 2. The number of para-hydroxylation sites is 2. The van der Waals surface area contributed by atoms with Crippen LogP contribution in [-0.4, -0.2) is 23.1 Å². The van der Waals surface area contributed by atoms with E-state index in [0.29, 0.717) is 5.56 Å². The van der Waals surface area contributed by atoms with Gasteiger partial charge in [-0.25, -0.2) is 0 Å². The van der Waals surface area contributed by atoms with Crippen molar-refractivity contribution in [2.45, 2.75) is 6.36 Å². The molecule has 0 aliphatic carbocycles. The fourth-order valence-electron chi connectivity index (χ4n) is 2.77. The van der Waals surface area contributed by atoms with E-state index in [1.165, 1.54) is 60.7 Å². The van der Waals surface area contributed by atoms with E-state index in [9.17, 15) is 32.9 Å². The zero-order valence-corrected chi connectivity index (χ0v) is 17.2. The summed E-state index contributed by atoms with van der Waals surface area (Å²) in [5, 5.41) is 15.6. The van der Waals surface area contributed by atoms with E-state index in [4.69, 9.17) is 0 Å². The number of rotatable bonds is 7. The van der Waals surface area contributed by atoms with Crippen molar-refractivity contribution in [3.63, 3.8) is 0 Å². The van der Waals surface area contributed by atoms with Crippen molar-refractivity contribution in [1.82, 2.24) is 5.32 Å². The third-order valence-corrected chi connectivity index (χ3v) is 4.30. The van der Waals surface area contributed by atoms with Gasteiger partial charge in [0.05, 0.1) is 10.6 Å². The van der Waals surface area contributed by atoms with Gasteiger partial charge in [0, 0.05) is 17.7 Å². The Bertz CT molecular complexity index is 1230. The van der Waals surface area contributed by atoms with Crippen LogP contribution in [-0.2, 0) is 4.79 Å². The molecule has 0 aromatic heterocycles. The van der Waals surface area contributed by atoms with Gasteiger partial charge >= 0.3 is 6.36 Å². The van der Waals surface area contributed by atoms with Gasteiger partial charge in [-0.15, -0.1) is 13.2 Å². The second-order valence-electron chi connectivity index (χ2n) is 6.72. The molecule has 8 nitrogen and oxygen atoms in total. The predicted octanol–water partition coefficient (Wildman–Crippen LogP) is 4.90. The van der Waals surface area contributed by atoms with E-state index in [2.05, 4.69) is 15.4 Å². The Hall–Kier alpha value is -4.67. The largest absolute Gasteiger partial charge is 0.573 e. The number of nitro benzene ring substituents is 1. The average Bonchev–Trinajstić information content (AvgIpc) is 2.80. The van der Waals surface area contributed by atoms with Crippen LogP contribution < -0.4 is 15.4 Å². The third kappa shape index (κ3) is 6.66. The molecule has 0 fully saturated rings. The van der Waals surface area contributed by atoms with Crippen molar-refractivity contribution in [2.24, 2.45) is 0 Å². The first kappa shape index (κ1) is 24.0. The van der Waals surface area contributed by atoms with Crippen LogP contribution in [0.3, 0.4) is 0 Å². The summed E-state index contributed by atoms with van der Waals surface area (Å²) in [6.07, 6.45) is -3.76. The van der Waals surface area contributed by atoms with Gasteiger partial charge in [0.1, 0.15) is 5.70 Å². The maximum Gasteiger partial charge on any atom is 0.573 e. The minimum atomic E-state index is -4.99. The fourth-order valence-corrected chi connectivity index (χ4v) is 2.77. The van der Waals surface area contributed by atoms with Crippen LogP contribution in [0.4, 0.5) is 24.5 Å². The molecule has 34 heavy (non-hydrogen) atoms. The lowest BCUT2D eigenvalue weighted by Crippen LogP contribution is -2.31. The van der Waals surface area contributed by atoms with Gasteiger partial charge in [-0.3, -0.25) is 19.7 Å². The van der Waals surface area contributed by atoms with E-state index in [0.717, 1.165) is 6.07 Å². The van der Waals surface area contributed by atoms with Crippen LogP contribution in [0.15, 0.2) is 84.6 Å². The minimum absolute atomic E-state index is 0.185. The fraction of sp³-hybridized carbons (Fsp3) is 0.0435. The van der Waals surface area contributed by atoms with Gasteiger partial charge in [0.25, 0.3) is 17.5 Å². The maximum absolute atomic E-state index is 12.9. The molecule has 0 spiro atoms. The number of non-ortho nitro benzene ring substituents is 1. The molecule has 174 valence electrons. The van der Waals surface area contributed by atoms with E-state index in [1.54, 1.807) is 18.2 Å². The van der Waals surface area contributed by atoms with Crippen molar-refractivity contribution in [3.8, 4) is 5.75 Å². The minimum Gasteiger partial charge on any atom is -0.404 e. The Morgan fingerprint density at radius 1 is 0.912 bits per heavy atom. The summed E-state index contributed by atoms with van der Waals surface area (Å²) in [5.74, 6) is -2.24. The molecular weight excluding hydrogens is 455 g/mol. The second kappa shape index (κ2) is 10.3. The summed E-state index contributed by atoms with van der Waals surface area (Å²) in [5.41, 5.74) is -0.234. The van der Waals surface area contributed by atoms with Crippen molar-refractivity contribution >= 4 is 29.3 Å². The summed E-state index contributed by atoms with van der Waals surface area (Å²) in [6.45, 7) is 0. The van der Waals surface area contributed by atoms with Crippen LogP contribution in [0.5, 0.6) is 5.75 Å². The number of carbonyl (C=O) groups excluding carboxylic acids is 2. The normalized spacial score (nSPS) is 11.4. The number of nitrogens with zero attached hydrogens (tertiary/aromatic N) is 1. The first-order valence-corrected chi connectivity index (χ1v) is 9.61. The SMILES string of the molecule is O=C(Nc1ccccc1OC(F)(F)F)/C(=C/c1ccc([N+](=O)[O-])cc1)NC(=O)c1ccccc1. The number of carbonyl (C=O) groups is 2. The first-order chi connectivity index (χ1) is 16.1. The molecule has 0 heterocycles. The Labute approximate surface area is 190 Å². The number of benzene rings is 3. The molecule has 0 bridgehead atoms. The standard InChI is InChI=1S/C23H16F3N3O5/c24-23(25,26)34-20-9-5-4-8-18(20)27-22(31)19(28-21(30)16-6-2-1-3-7-16)14-15-10-12-17(13-11-15)29(32)33/h1-14H,(H,27,31)(H,28,30)/b19-14-. The summed E-state index contributed by atoms with van der Waals surface area (Å²) < 4.78 is 42.0. The van der Waals surface area contributed by atoms with Crippen molar-refractivity contribution in [2.75, 3.05) is 5.32 Å². The monoisotopic (exact) mass is 471 g/mol. The van der Waals surface area contributed by atoms with Crippen molar-refractivity contribution in [3.05, 3.63) is 106 Å². The maximum atomic E-state index is 12.9. The smallest absolute Gasteiger partial charge is 0.404 e. The lowest BCUT2D eigenvalue weighted by atomic mass is 10.1. The highest BCUT2D eigenvalue weighted by Crippen LogP contribution is 2.30. The molecule has 0 saturated carbocycles. The molecular formula is C23H16F3N3O5. The number of halogens is 3. The van der Waals surface area contributed by atoms with Gasteiger partial charge in [-0.05, 0) is 48.0 Å². The lowest BCUT2D eigenvalue weighted by molar-refractivity contribution is -0.384. The molecule has 0 atom stereocenters. The summed E-state index contributed by atoms with van der Waals surface area (Å²) in [6, 6.07) is 17.9. The van der Waals surface area contributed by atoms with E-state index < -0.39 is 28.8 Å². The molecule has 0 saturated heterocycles. The number of ether oxygens (including phenoxy) is 1. The lowest BCUT2D eigenvalue weighted by Gasteiger charge is -2.15. The van der Waals surface area contributed by atoms with Gasteiger partial charge in [0.15, 0.2) is 5.75 Å². The molecule has 0 aliphatic rings. The summed E-state index contributed by atoms with van der Waals surface area (Å²) >= 11 is 0. The Balaban J connectivity index is 1.92. The molecule has 0 unspecified atom stereocenters. The molecule has 3 aromatic carbocycles. The highest BCUT2D eigenvalue weighted by molar-refractivity contribution is 6.11. The number of alkyl halides is 3. The zero-order chi connectivity index (χ0) is 24.7. The number of hydrogen-bond acceptors (Lipinski definition) is 5. The third-order valence-electron chi connectivity index (χ3n) is 4.30. The van der Waals surface area contributed by atoms with Crippen LogP contribution in [0, 0.1) is 10.1 Å². The summed E-state index contributed by atoms with van der Waals surface area (Å²) in [7, 11) is 0. The molecule has 0 radical (unpaired) electrons. The van der Waals surface area contributed by atoms with Gasteiger partial charge in [-0.1, -0.05) is 30.3 Å². The van der Waals surface area contributed by atoms with Gasteiger partial charge < -0.3 is 15.4 Å². The van der Waals surface area contributed by atoms with Crippen LogP contribution in [0.1, 0.15) is 15.9 Å². The van der Waals surface area contributed by atoms with Crippen LogP contribution in [0.2, 0.25) is 0 Å². The molecule has 0 aliphatic heterocycles. The number of anilines is 1. The van der Waals surface area contributed by atoms with Crippen molar-refractivity contribution < 1.29 is 32.4 Å². The molecule has 3 rings (SSSR count). The molecule has 3 aromatic rings. The average molecular weight is 471 g/mol. The Morgan fingerprint density at radius 3 is 2.15 bits per heavy atom. The highest BCUT2D eigenvalue weighted by Gasteiger charge is 2.32. The van der Waals surface area contributed by atoms with E-state index in [-0.39, 0.29) is 22.6 Å². The van der Waals surface area contributed by atoms with E-state index in [1.807, 2.05) is 0 Å². The second-order valence-corrected chi connectivity index (χ2v) is 6.72. The highest BCUT2D eigenvalue weighted by atomic mass is 19.4. The Morgan fingerprint density at radius 2 is 1.53 bits per heavy atom. The first-order valence-electron chi connectivity index (χ1n) is 9.61. The van der Waals surface area contributed by atoms with Crippen LogP contribution >= 0.6 is 0 Å². The molecule has 11 heteroatoms. The van der Waals surface area contributed by atoms with Crippen LogP contribution in [0.25, 0.3) is 6.08 Å². The topological polar surface area (TPSA) is 111 Å². The predicted molar refractivity (Wildman–Crippen MR) is 117 cm³/mol. The van der Waals surface area contributed by atoms with Gasteiger partial charge in [0.2, 0.25) is 0 Å². The Kier molecular flexibility index (Phi) is 7.26. The van der Waals surface area contributed by atoms with Crippen molar-refractivity contribution in [1.29, 1.82) is 0 Å². The quantitative estimate of drug-likeness (QED) is 0.289. The zero-order valence-electron chi connectivity index (χ0n) is 17.2. The van der Waals surface area contributed by atoms with Gasteiger partial charge in [-0.2, -0.15) is 0 Å². The number of hydrogen-bond donors (Lipinski definition) is 2. The molecule has 2 amide bonds. The van der Waals surface area contributed by atoms with E-state index >= 15 is 0 Å².